The summed E-state index contributed by atoms with van der Waals surface area (Å²) in [5.74, 6) is 0.456. The molecule has 0 aromatic heterocycles. The van der Waals surface area contributed by atoms with Crippen molar-refractivity contribution in [3.63, 3.8) is 0 Å². The minimum absolute atomic E-state index is 0.121. The fourth-order valence-electron chi connectivity index (χ4n) is 5.04. The van der Waals surface area contributed by atoms with Crippen LogP contribution in [0, 0.1) is 5.92 Å². The molecule has 2 amide bonds. The number of nitrogens with one attached hydrogen (secondary N) is 1. The van der Waals surface area contributed by atoms with Crippen molar-refractivity contribution in [3.8, 4) is 0 Å². The van der Waals surface area contributed by atoms with E-state index in [9.17, 15) is 9.59 Å². The molecule has 0 aliphatic carbocycles. The van der Waals surface area contributed by atoms with Gasteiger partial charge in [0.1, 0.15) is 0 Å². The van der Waals surface area contributed by atoms with Crippen LogP contribution in [0.4, 0.5) is 0 Å². The third-order valence-corrected chi connectivity index (χ3v) is 7.94. The highest BCUT2D eigenvalue weighted by Gasteiger charge is 2.32. The highest BCUT2D eigenvalue weighted by atomic mass is 16.2. The molecule has 1 fully saturated rings. The van der Waals surface area contributed by atoms with Gasteiger partial charge in [-0.1, -0.05) is 117 Å². The first-order valence-electron chi connectivity index (χ1n) is 15.2. The van der Waals surface area contributed by atoms with E-state index in [1.54, 1.807) is 0 Å². The zero-order valence-electron chi connectivity index (χ0n) is 23.7. The van der Waals surface area contributed by atoms with Crippen LogP contribution in [0.25, 0.3) is 0 Å². The average molecular weight is 494 g/mol. The highest BCUT2D eigenvalue weighted by molar-refractivity contribution is 5.78. The minimum atomic E-state index is -0.485. The summed E-state index contributed by atoms with van der Waals surface area (Å²) in [6.45, 7) is 8.30. The molecule has 0 spiro atoms. The van der Waals surface area contributed by atoms with E-state index in [1.165, 1.54) is 96.3 Å². The second-order valence-electron chi connectivity index (χ2n) is 11.5. The molecular weight excluding hydrogens is 434 g/mol. The van der Waals surface area contributed by atoms with Crippen LogP contribution < -0.4 is 11.1 Å². The predicted octanol–water partition coefficient (Wildman–Crippen LogP) is 7.12. The van der Waals surface area contributed by atoms with Gasteiger partial charge in [0.2, 0.25) is 11.8 Å². The van der Waals surface area contributed by atoms with E-state index >= 15 is 0 Å². The Kier molecular flexibility index (Phi) is 18.3. The normalized spacial score (nSPS) is 16.5. The lowest BCUT2D eigenvalue weighted by atomic mass is 9.87. The van der Waals surface area contributed by atoms with Gasteiger partial charge in [-0.3, -0.25) is 9.59 Å². The van der Waals surface area contributed by atoms with Crippen molar-refractivity contribution in [1.29, 1.82) is 0 Å². The number of rotatable bonds is 23. The number of unbranched alkanes of at least 4 members (excludes halogenated alkanes) is 16. The zero-order valence-corrected chi connectivity index (χ0v) is 23.7. The molecule has 1 rings (SSSR count). The highest BCUT2D eigenvalue weighted by Crippen LogP contribution is 2.19. The standard InChI is InChI=1S/C30H59N3O2/c1-4-5-6-7-8-9-10-11-12-13-14-15-16-17-18-19-20-22-28(34)32-25-27(2)30(3,31)26-33-24-21-23-29(33)35/h27H,4-26,31H2,1-3H3,(H,32,34). The van der Waals surface area contributed by atoms with Crippen LogP contribution in [0.5, 0.6) is 0 Å². The molecule has 1 aliphatic heterocycles. The van der Waals surface area contributed by atoms with Crippen molar-refractivity contribution in [3.05, 3.63) is 0 Å². The number of nitrogens with two attached hydrogens (primary N) is 1. The maximum absolute atomic E-state index is 12.2. The molecule has 5 nitrogen and oxygen atoms in total. The van der Waals surface area contributed by atoms with Crippen molar-refractivity contribution in [2.24, 2.45) is 11.7 Å². The number of hydrogen-bond donors (Lipinski definition) is 2. The lowest BCUT2D eigenvalue weighted by Gasteiger charge is -2.35. The second-order valence-corrected chi connectivity index (χ2v) is 11.5. The lowest BCUT2D eigenvalue weighted by molar-refractivity contribution is -0.128. The maximum atomic E-state index is 12.2. The third kappa shape index (κ3) is 16.3. The first-order chi connectivity index (χ1) is 16.9. The van der Waals surface area contributed by atoms with Crippen LogP contribution >= 0.6 is 0 Å². The van der Waals surface area contributed by atoms with E-state index in [1.807, 2.05) is 11.8 Å². The van der Waals surface area contributed by atoms with E-state index in [4.69, 9.17) is 5.73 Å². The number of hydrogen-bond acceptors (Lipinski definition) is 3. The Bertz CT molecular complexity index is 550. The Balaban J connectivity index is 1.88. The summed E-state index contributed by atoms with van der Waals surface area (Å²) in [7, 11) is 0. The molecule has 0 saturated carbocycles. The Morgan fingerprint density at radius 1 is 0.886 bits per heavy atom. The smallest absolute Gasteiger partial charge is 0.222 e. The summed E-state index contributed by atoms with van der Waals surface area (Å²) in [4.78, 5) is 26.0. The van der Waals surface area contributed by atoms with Gasteiger partial charge in [-0.25, -0.2) is 0 Å². The summed E-state index contributed by atoms with van der Waals surface area (Å²) in [5.41, 5.74) is 6.00. The van der Waals surface area contributed by atoms with E-state index in [2.05, 4.69) is 19.2 Å². The minimum Gasteiger partial charge on any atom is -0.356 e. The predicted molar refractivity (Wildman–Crippen MR) is 149 cm³/mol. The average Bonchev–Trinajstić information content (AvgIpc) is 3.22. The lowest BCUT2D eigenvalue weighted by Crippen LogP contribution is -2.55. The summed E-state index contributed by atoms with van der Waals surface area (Å²) in [6, 6.07) is 0. The quantitative estimate of drug-likeness (QED) is 0.149. The molecule has 35 heavy (non-hydrogen) atoms. The first-order valence-corrected chi connectivity index (χ1v) is 15.2. The van der Waals surface area contributed by atoms with E-state index in [0.717, 1.165) is 25.8 Å². The zero-order chi connectivity index (χ0) is 25.8. The van der Waals surface area contributed by atoms with Gasteiger partial charge < -0.3 is 16.0 Å². The second kappa shape index (κ2) is 20.0. The Hall–Kier alpha value is -1.10. The van der Waals surface area contributed by atoms with Crippen molar-refractivity contribution < 1.29 is 9.59 Å². The Morgan fingerprint density at radius 2 is 1.34 bits per heavy atom. The van der Waals surface area contributed by atoms with Crippen molar-refractivity contribution in [1.82, 2.24) is 10.2 Å². The summed E-state index contributed by atoms with van der Waals surface area (Å²) in [6.07, 6.45) is 25.1. The molecule has 206 valence electrons. The van der Waals surface area contributed by atoms with Crippen LogP contribution in [-0.2, 0) is 9.59 Å². The van der Waals surface area contributed by atoms with Gasteiger partial charge in [-0.2, -0.15) is 0 Å². The summed E-state index contributed by atoms with van der Waals surface area (Å²) >= 11 is 0. The summed E-state index contributed by atoms with van der Waals surface area (Å²) in [5, 5.41) is 3.06. The molecule has 0 aromatic rings. The summed E-state index contributed by atoms with van der Waals surface area (Å²) < 4.78 is 0. The molecular formula is C30H59N3O2. The van der Waals surface area contributed by atoms with Crippen LogP contribution in [0.15, 0.2) is 0 Å². The van der Waals surface area contributed by atoms with Crippen LogP contribution in [0.3, 0.4) is 0 Å². The number of carbonyl (C=O) groups excluding carboxylic acids is 2. The van der Waals surface area contributed by atoms with Gasteiger partial charge in [-0.15, -0.1) is 0 Å². The fourth-order valence-corrected chi connectivity index (χ4v) is 5.04. The van der Waals surface area contributed by atoms with Gasteiger partial charge in [-0.05, 0) is 25.7 Å². The molecule has 0 aromatic carbocycles. The van der Waals surface area contributed by atoms with Crippen molar-refractivity contribution in [2.45, 2.75) is 155 Å². The van der Waals surface area contributed by atoms with Gasteiger partial charge in [0, 0.05) is 38.0 Å². The van der Waals surface area contributed by atoms with Gasteiger partial charge in [0.25, 0.3) is 0 Å². The van der Waals surface area contributed by atoms with E-state index in [-0.39, 0.29) is 17.7 Å². The third-order valence-electron chi connectivity index (χ3n) is 7.94. The van der Waals surface area contributed by atoms with Crippen molar-refractivity contribution >= 4 is 11.8 Å². The molecule has 5 heteroatoms. The first kappa shape index (κ1) is 31.9. The number of amides is 2. The molecule has 1 saturated heterocycles. The number of likely N-dealkylation sites (tertiary alicyclic amines) is 1. The Morgan fingerprint density at radius 3 is 1.77 bits per heavy atom. The van der Waals surface area contributed by atoms with Crippen molar-refractivity contribution in [2.75, 3.05) is 19.6 Å². The SMILES string of the molecule is CCCCCCCCCCCCCCCCCCCC(=O)NCC(C)C(C)(N)CN1CCCC1=O. The Labute approximate surface area is 217 Å². The monoisotopic (exact) mass is 493 g/mol. The van der Waals surface area contributed by atoms with Crippen LogP contribution in [0.2, 0.25) is 0 Å². The topological polar surface area (TPSA) is 75.4 Å². The van der Waals surface area contributed by atoms with E-state index in [0.29, 0.717) is 25.9 Å². The molecule has 0 bridgehead atoms. The number of nitrogens with zero attached hydrogens (tertiary/aromatic N) is 1. The molecule has 0 radical (unpaired) electrons. The number of carbonyl (C=O) groups is 2. The van der Waals surface area contributed by atoms with Crippen LogP contribution in [0.1, 0.15) is 149 Å². The largest absolute Gasteiger partial charge is 0.356 e. The molecule has 2 atom stereocenters. The molecule has 2 unspecified atom stereocenters. The van der Waals surface area contributed by atoms with Crippen LogP contribution in [-0.4, -0.2) is 41.9 Å². The molecule has 1 heterocycles. The molecule has 1 aliphatic rings. The van der Waals surface area contributed by atoms with Gasteiger partial charge in [0.15, 0.2) is 0 Å². The molecule has 3 N–H and O–H groups in total. The van der Waals surface area contributed by atoms with Gasteiger partial charge >= 0.3 is 0 Å². The fraction of sp³-hybridized carbons (Fsp3) is 0.933. The van der Waals surface area contributed by atoms with E-state index < -0.39 is 5.54 Å². The maximum Gasteiger partial charge on any atom is 0.222 e. The van der Waals surface area contributed by atoms with Gasteiger partial charge in [0.05, 0.1) is 0 Å².